The van der Waals surface area contributed by atoms with Crippen LogP contribution in [-0.2, 0) is 4.74 Å². The van der Waals surface area contributed by atoms with Crippen molar-refractivity contribution in [3.63, 3.8) is 0 Å². The van der Waals surface area contributed by atoms with E-state index in [9.17, 15) is 19.7 Å². The van der Waals surface area contributed by atoms with Crippen molar-refractivity contribution in [2.45, 2.75) is 12.8 Å². The summed E-state index contributed by atoms with van der Waals surface area (Å²) < 4.78 is 15.6. The normalized spacial score (nSPS) is 13.0. The van der Waals surface area contributed by atoms with Gasteiger partial charge in [0.1, 0.15) is 12.2 Å². The Hall–Kier alpha value is -3.37. The van der Waals surface area contributed by atoms with E-state index in [4.69, 9.17) is 25.8 Å². The lowest BCUT2D eigenvalue weighted by atomic mass is 10.1. The molecule has 33 heavy (non-hydrogen) atoms. The molecule has 2 aromatic rings. The van der Waals surface area contributed by atoms with Crippen LogP contribution in [0.25, 0.3) is 0 Å². The molecule has 0 atom stereocenters. The Kier molecular flexibility index (Phi) is 8.07. The standard InChI is InChI=1S/C22H24ClN3O7/c1-31-9-10-33-20-13-18(26(29)30)16(12-19(20)32-2)21(27)24-17-11-14(23)5-6-15(17)22(28)25-7-3-4-8-25/h5-6,11-13H,3-4,7-10H2,1-2H3,(H,24,27). The molecule has 3 rings (SSSR count). The first-order chi connectivity index (χ1) is 15.8. The zero-order valence-electron chi connectivity index (χ0n) is 18.3. The molecule has 1 aliphatic heterocycles. The maximum Gasteiger partial charge on any atom is 0.286 e. The summed E-state index contributed by atoms with van der Waals surface area (Å²) in [6.07, 6.45) is 1.82. The maximum atomic E-state index is 13.1. The van der Waals surface area contributed by atoms with Crippen molar-refractivity contribution in [1.29, 1.82) is 0 Å². The van der Waals surface area contributed by atoms with Gasteiger partial charge in [-0.3, -0.25) is 19.7 Å². The zero-order chi connectivity index (χ0) is 24.0. The fraction of sp³-hybridized carbons (Fsp3) is 0.364. The largest absolute Gasteiger partial charge is 0.493 e. The summed E-state index contributed by atoms with van der Waals surface area (Å²) in [4.78, 5) is 38.7. The third kappa shape index (κ3) is 5.71. The molecule has 2 aromatic carbocycles. The number of nitrogens with one attached hydrogen (secondary N) is 1. The molecule has 1 aliphatic rings. The predicted molar refractivity (Wildman–Crippen MR) is 122 cm³/mol. The zero-order valence-corrected chi connectivity index (χ0v) is 19.0. The number of anilines is 1. The van der Waals surface area contributed by atoms with Crippen LogP contribution in [0.1, 0.15) is 33.6 Å². The topological polar surface area (TPSA) is 120 Å². The van der Waals surface area contributed by atoms with Gasteiger partial charge in [-0.25, -0.2) is 0 Å². The second-order valence-electron chi connectivity index (χ2n) is 7.26. The molecule has 0 aliphatic carbocycles. The molecule has 1 N–H and O–H groups in total. The molecule has 1 heterocycles. The Morgan fingerprint density at radius 1 is 1.09 bits per heavy atom. The van der Waals surface area contributed by atoms with Crippen LogP contribution < -0.4 is 14.8 Å². The summed E-state index contributed by atoms with van der Waals surface area (Å²) in [5.41, 5.74) is -0.312. The number of hydrogen-bond acceptors (Lipinski definition) is 7. The average Bonchev–Trinajstić information content (AvgIpc) is 3.33. The Balaban J connectivity index is 1.94. The van der Waals surface area contributed by atoms with Crippen LogP contribution >= 0.6 is 11.6 Å². The van der Waals surface area contributed by atoms with Gasteiger partial charge in [0.2, 0.25) is 0 Å². The molecule has 10 nitrogen and oxygen atoms in total. The van der Waals surface area contributed by atoms with Gasteiger partial charge in [0.05, 0.1) is 36.0 Å². The van der Waals surface area contributed by atoms with E-state index in [-0.39, 0.29) is 47.4 Å². The third-order valence-electron chi connectivity index (χ3n) is 5.12. The number of carbonyl (C=O) groups excluding carboxylic acids is 2. The van der Waals surface area contributed by atoms with E-state index < -0.39 is 16.5 Å². The number of halogens is 1. The summed E-state index contributed by atoms with van der Waals surface area (Å²) in [6, 6.07) is 6.87. The molecule has 0 saturated carbocycles. The summed E-state index contributed by atoms with van der Waals surface area (Å²) in [7, 11) is 2.85. The van der Waals surface area contributed by atoms with Gasteiger partial charge < -0.3 is 24.4 Å². The molecule has 0 spiro atoms. The summed E-state index contributed by atoms with van der Waals surface area (Å²) in [5.74, 6) is -0.790. The van der Waals surface area contributed by atoms with Crippen LogP contribution in [-0.4, -0.2) is 62.2 Å². The molecule has 1 saturated heterocycles. The minimum absolute atomic E-state index is 0.102. The van der Waals surface area contributed by atoms with Crippen LogP contribution in [0.3, 0.4) is 0 Å². The SMILES string of the molecule is COCCOc1cc([N+](=O)[O-])c(C(=O)Nc2cc(Cl)ccc2C(=O)N2CCCC2)cc1OC. The highest BCUT2D eigenvalue weighted by Gasteiger charge is 2.27. The van der Waals surface area contributed by atoms with Gasteiger partial charge in [0.25, 0.3) is 17.5 Å². The highest BCUT2D eigenvalue weighted by molar-refractivity contribution is 6.31. The van der Waals surface area contributed by atoms with Crippen LogP contribution in [0.15, 0.2) is 30.3 Å². The molecular weight excluding hydrogens is 454 g/mol. The smallest absolute Gasteiger partial charge is 0.286 e. The second-order valence-corrected chi connectivity index (χ2v) is 7.70. The fourth-order valence-electron chi connectivity index (χ4n) is 3.48. The monoisotopic (exact) mass is 477 g/mol. The number of rotatable bonds is 9. The van der Waals surface area contributed by atoms with Crippen LogP contribution in [0.4, 0.5) is 11.4 Å². The third-order valence-corrected chi connectivity index (χ3v) is 5.36. The lowest BCUT2D eigenvalue weighted by Gasteiger charge is -2.18. The van der Waals surface area contributed by atoms with Crippen molar-refractivity contribution in [3.8, 4) is 11.5 Å². The van der Waals surface area contributed by atoms with Crippen molar-refractivity contribution in [2.75, 3.05) is 45.8 Å². The average molecular weight is 478 g/mol. The molecule has 0 aromatic heterocycles. The van der Waals surface area contributed by atoms with Crippen LogP contribution in [0, 0.1) is 10.1 Å². The highest BCUT2D eigenvalue weighted by atomic mass is 35.5. The van der Waals surface area contributed by atoms with E-state index in [2.05, 4.69) is 5.32 Å². The number of nitrogens with zero attached hydrogens (tertiary/aromatic N) is 2. The number of ether oxygens (including phenoxy) is 3. The molecule has 0 unspecified atom stereocenters. The van der Waals surface area contributed by atoms with Crippen molar-refractivity contribution in [1.82, 2.24) is 4.90 Å². The molecular formula is C22H24ClN3O7. The Bertz CT molecular complexity index is 1050. The molecule has 176 valence electrons. The summed E-state index contributed by atoms with van der Waals surface area (Å²) in [5, 5.41) is 14.6. The van der Waals surface area contributed by atoms with Crippen LogP contribution in [0.2, 0.25) is 5.02 Å². The highest BCUT2D eigenvalue weighted by Crippen LogP contribution is 2.35. The van der Waals surface area contributed by atoms with Gasteiger partial charge in [0, 0.05) is 31.3 Å². The van der Waals surface area contributed by atoms with E-state index >= 15 is 0 Å². The number of carbonyl (C=O) groups is 2. The number of likely N-dealkylation sites (tertiary alicyclic amines) is 1. The molecule has 1 fully saturated rings. The number of hydrogen-bond donors (Lipinski definition) is 1. The van der Waals surface area contributed by atoms with E-state index in [1.54, 1.807) is 11.0 Å². The van der Waals surface area contributed by atoms with Gasteiger partial charge in [-0.05, 0) is 31.0 Å². The van der Waals surface area contributed by atoms with Gasteiger partial charge in [-0.2, -0.15) is 0 Å². The van der Waals surface area contributed by atoms with E-state index in [0.29, 0.717) is 18.1 Å². The molecule has 0 bridgehead atoms. The minimum Gasteiger partial charge on any atom is -0.493 e. The van der Waals surface area contributed by atoms with E-state index in [1.807, 2.05) is 0 Å². The quantitative estimate of drug-likeness (QED) is 0.331. The Labute approximate surface area is 195 Å². The van der Waals surface area contributed by atoms with Crippen molar-refractivity contribution in [3.05, 3.63) is 56.6 Å². The number of nitro benzene ring substituents is 1. The Morgan fingerprint density at radius 3 is 2.45 bits per heavy atom. The van der Waals surface area contributed by atoms with Gasteiger partial charge in [-0.15, -0.1) is 0 Å². The van der Waals surface area contributed by atoms with Crippen molar-refractivity contribution < 1.29 is 28.7 Å². The fourth-order valence-corrected chi connectivity index (χ4v) is 3.65. The van der Waals surface area contributed by atoms with Gasteiger partial charge in [-0.1, -0.05) is 11.6 Å². The van der Waals surface area contributed by atoms with Crippen LogP contribution in [0.5, 0.6) is 11.5 Å². The molecule has 11 heteroatoms. The first kappa shape index (κ1) is 24.3. The van der Waals surface area contributed by atoms with E-state index in [0.717, 1.165) is 18.9 Å². The molecule has 0 radical (unpaired) electrons. The second kappa shape index (κ2) is 11.0. The number of nitro groups is 1. The van der Waals surface area contributed by atoms with Gasteiger partial charge >= 0.3 is 0 Å². The maximum absolute atomic E-state index is 13.1. The minimum atomic E-state index is -0.791. The summed E-state index contributed by atoms with van der Waals surface area (Å²) in [6.45, 7) is 1.66. The first-order valence-corrected chi connectivity index (χ1v) is 10.6. The lowest BCUT2D eigenvalue weighted by Crippen LogP contribution is -2.29. The molecule has 2 amide bonds. The summed E-state index contributed by atoms with van der Waals surface area (Å²) >= 11 is 6.09. The Morgan fingerprint density at radius 2 is 1.82 bits per heavy atom. The first-order valence-electron chi connectivity index (χ1n) is 10.2. The lowest BCUT2D eigenvalue weighted by molar-refractivity contribution is -0.385. The predicted octanol–water partition coefficient (Wildman–Crippen LogP) is 3.77. The van der Waals surface area contributed by atoms with Gasteiger partial charge in [0.15, 0.2) is 11.5 Å². The van der Waals surface area contributed by atoms with Crippen molar-refractivity contribution in [2.24, 2.45) is 0 Å². The number of benzene rings is 2. The van der Waals surface area contributed by atoms with E-state index in [1.165, 1.54) is 32.4 Å². The van der Waals surface area contributed by atoms with Crippen molar-refractivity contribution >= 4 is 34.8 Å². The number of methoxy groups -OCH3 is 2. The number of amides is 2.